The number of fused-ring (bicyclic) bond motifs is 1. The van der Waals surface area contributed by atoms with E-state index in [2.05, 4.69) is 39.2 Å². The third-order valence-corrected chi connectivity index (χ3v) is 5.39. The summed E-state index contributed by atoms with van der Waals surface area (Å²) in [4.78, 5) is 6.99. The molecule has 0 amide bonds. The average Bonchev–Trinajstić information content (AvgIpc) is 2.75. The second-order valence-corrected chi connectivity index (χ2v) is 7.13. The monoisotopic (exact) mass is 366 g/mol. The van der Waals surface area contributed by atoms with E-state index in [-0.39, 0.29) is 0 Å². The molecular weight excluding hydrogens is 356 g/mol. The van der Waals surface area contributed by atoms with Gasteiger partial charge in [0.1, 0.15) is 0 Å². The van der Waals surface area contributed by atoms with Crippen LogP contribution in [0.25, 0.3) is 10.9 Å². The van der Waals surface area contributed by atoms with E-state index in [1.54, 1.807) is 17.5 Å². The summed E-state index contributed by atoms with van der Waals surface area (Å²) in [6.07, 6.45) is 1.80. The van der Waals surface area contributed by atoms with Crippen LogP contribution in [0.5, 0.6) is 0 Å². The van der Waals surface area contributed by atoms with Crippen molar-refractivity contribution in [3.63, 3.8) is 0 Å². The van der Waals surface area contributed by atoms with Crippen molar-refractivity contribution in [2.75, 3.05) is 5.32 Å². The normalized spacial score (nSPS) is 10.9. The number of nitrogens with one attached hydrogen (secondary N) is 1. The molecule has 1 N–H and O–H groups in total. The van der Waals surface area contributed by atoms with Crippen molar-refractivity contribution in [2.45, 2.75) is 13.5 Å². The van der Waals surface area contributed by atoms with Gasteiger partial charge >= 0.3 is 0 Å². The largest absolute Gasteiger partial charge is 0.378 e. The first-order valence-electron chi connectivity index (χ1n) is 6.16. The minimum atomic E-state index is 0.719. The molecule has 3 rings (SSSR count). The molecule has 2 heterocycles. The van der Waals surface area contributed by atoms with Crippen LogP contribution in [0.4, 0.5) is 5.69 Å². The summed E-state index contributed by atoms with van der Waals surface area (Å²) in [5, 5.41) is 5.19. The van der Waals surface area contributed by atoms with Gasteiger partial charge in [-0.3, -0.25) is 4.98 Å². The molecule has 0 atom stereocenters. The molecule has 1 aromatic carbocycles. The van der Waals surface area contributed by atoms with Crippen LogP contribution in [0.1, 0.15) is 9.75 Å². The van der Waals surface area contributed by atoms with Crippen molar-refractivity contribution in [1.82, 2.24) is 4.98 Å². The number of benzene rings is 1. The van der Waals surface area contributed by atoms with Crippen molar-refractivity contribution in [3.8, 4) is 0 Å². The Morgan fingerprint density at radius 3 is 2.95 bits per heavy atom. The van der Waals surface area contributed by atoms with Crippen LogP contribution in [0.2, 0.25) is 5.02 Å². The first kappa shape index (κ1) is 13.9. The Kier molecular flexibility index (Phi) is 3.96. The minimum Gasteiger partial charge on any atom is -0.378 e. The Morgan fingerprint density at radius 1 is 1.35 bits per heavy atom. The van der Waals surface area contributed by atoms with Gasteiger partial charge < -0.3 is 5.32 Å². The second-order valence-electron chi connectivity index (χ2n) is 4.50. The van der Waals surface area contributed by atoms with Crippen LogP contribution in [-0.2, 0) is 6.54 Å². The van der Waals surface area contributed by atoms with E-state index in [9.17, 15) is 0 Å². The van der Waals surface area contributed by atoms with Crippen LogP contribution in [0, 0.1) is 6.92 Å². The Bertz CT molecular complexity index is 750. The highest BCUT2D eigenvalue weighted by atomic mass is 79.9. The first-order valence-corrected chi connectivity index (χ1v) is 8.15. The second kappa shape index (κ2) is 5.72. The quantitative estimate of drug-likeness (QED) is 0.648. The van der Waals surface area contributed by atoms with Gasteiger partial charge in [0.25, 0.3) is 0 Å². The number of nitrogens with zero attached hydrogens (tertiary/aromatic N) is 1. The molecule has 5 heteroatoms. The van der Waals surface area contributed by atoms with Crippen molar-refractivity contribution < 1.29 is 0 Å². The number of aromatic nitrogens is 1. The summed E-state index contributed by atoms with van der Waals surface area (Å²) in [7, 11) is 0. The number of aryl methyl sites for hydroxylation is 1. The van der Waals surface area contributed by atoms with E-state index in [1.807, 2.05) is 24.3 Å². The summed E-state index contributed by atoms with van der Waals surface area (Å²) in [5.41, 5.74) is 1.92. The molecule has 0 saturated carbocycles. The molecule has 102 valence electrons. The Morgan fingerprint density at radius 2 is 2.20 bits per heavy atom. The lowest BCUT2D eigenvalue weighted by Crippen LogP contribution is -1.99. The molecule has 2 nitrogen and oxygen atoms in total. The maximum absolute atomic E-state index is 6.16. The van der Waals surface area contributed by atoms with E-state index in [1.165, 1.54) is 9.75 Å². The highest BCUT2D eigenvalue weighted by Crippen LogP contribution is 2.29. The van der Waals surface area contributed by atoms with Crippen LogP contribution in [0.15, 0.2) is 41.0 Å². The van der Waals surface area contributed by atoms with Gasteiger partial charge in [0.05, 0.1) is 11.2 Å². The zero-order chi connectivity index (χ0) is 14.1. The summed E-state index contributed by atoms with van der Waals surface area (Å²) >= 11 is 11.5. The highest BCUT2D eigenvalue weighted by molar-refractivity contribution is 9.10. The fraction of sp³-hybridized carbons (Fsp3) is 0.133. The molecule has 2 aromatic heterocycles. The summed E-state index contributed by atoms with van der Waals surface area (Å²) in [5.74, 6) is 0. The van der Waals surface area contributed by atoms with Gasteiger partial charge in [0.2, 0.25) is 0 Å². The number of hydrogen-bond acceptors (Lipinski definition) is 3. The number of anilines is 1. The Hall–Kier alpha value is -1.10. The van der Waals surface area contributed by atoms with E-state index < -0.39 is 0 Å². The number of rotatable bonds is 3. The van der Waals surface area contributed by atoms with Crippen LogP contribution in [-0.4, -0.2) is 4.98 Å². The van der Waals surface area contributed by atoms with Crippen LogP contribution >= 0.6 is 38.9 Å². The van der Waals surface area contributed by atoms with E-state index in [0.717, 1.165) is 32.6 Å². The van der Waals surface area contributed by atoms with Gasteiger partial charge in [0, 0.05) is 37.4 Å². The fourth-order valence-electron chi connectivity index (χ4n) is 2.08. The molecule has 0 bridgehead atoms. The Labute approximate surface area is 134 Å². The van der Waals surface area contributed by atoms with Crippen molar-refractivity contribution in [3.05, 3.63) is 55.8 Å². The molecule has 0 radical (unpaired) electrons. The molecule has 3 aromatic rings. The third-order valence-electron chi connectivity index (χ3n) is 3.03. The highest BCUT2D eigenvalue weighted by Gasteiger charge is 2.06. The standard InChI is InChI=1S/C15H12BrClN2S/c1-9-13(16)7-12(20-9)8-19-14-6-11(17)5-10-3-2-4-18-15(10)14/h2-7,19H,8H2,1H3. The average molecular weight is 368 g/mol. The summed E-state index contributed by atoms with van der Waals surface area (Å²) in [6.45, 7) is 2.87. The summed E-state index contributed by atoms with van der Waals surface area (Å²) < 4.78 is 1.16. The molecule has 0 fully saturated rings. The summed E-state index contributed by atoms with van der Waals surface area (Å²) in [6, 6.07) is 9.94. The lowest BCUT2D eigenvalue weighted by Gasteiger charge is -2.09. The van der Waals surface area contributed by atoms with Crippen molar-refractivity contribution >= 4 is 55.5 Å². The lowest BCUT2D eigenvalue weighted by molar-refractivity contribution is 1.19. The van der Waals surface area contributed by atoms with Gasteiger partial charge in [-0.05, 0) is 47.1 Å². The molecule has 0 aliphatic heterocycles. The van der Waals surface area contributed by atoms with Crippen molar-refractivity contribution in [2.24, 2.45) is 0 Å². The third kappa shape index (κ3) is 2.82. The number of pyridine rings is 1. The van der Waals surface area contributed by atoms with Gasteiger partial charge in [-0.25, -0.2) is 0 Å². The van der Waals surface area contributed by atoms with Gasteiger partial charge in [-0.2, -0.15) is 0 Å². The van der Waals surface area contributed by atoms with Crippen LogP contribution < -0.4 is 5.32 Å². The minimum absolute atomic E-state index is 0.719. The number of thiophene rings is 1. The van der Waals surface area contributed by atoms with Gasteiger partial charge in [0.15, 0.2) is 0 Å². The van der Waals surface area contributed by atoms with E-state index in [0.29, 0.717) is 0 Å². The zero-order valence-electron chi connectivity index (χ0n) is 10.8. The predicted octanol–water partition coefficient (Wildman–Crippen LogP) is 5.63. The number of hydrogen-bond donors (Lipinski definition) is 1. The Balaban J connectivity index is 1.90. The van der Waals surface area contributed by atoms with Crippen LogP contribution in [0.3, 0.4) is 0 Å². The van der Waals surface area contributed by atoms with Crippen molar-refractivity contribution in [1.29, 1.82) is 0 Å². The first-order chi connectivity index (χ1) is 9.63. The van der Waals surface area contributed by atoms with E-state index >= 15 is 0 Å². The molecule has 0 saturated heterocycles. The maximum atomic E-state index is 6.16. The van der Waals surface area contributed by atoms with Gasteiger partial charge in [-0.15, -0.1) is 11.3 Å². The lowest BCUT2D eigenvalue weighted by atomic mass is 10.2. The molecule has 0 spiro atoms. The molecule has 0 aliphatic rings. The number of halogens is 2. The topological polar surface area (TPSA) is 24.9 Å². The molecule has 20 heavy (non-hydrogen) atoms. The fourth-order valence-corrected chi connectivity index (χ4v) is 3.85. The van der Waals surface area contributed by atoms with E-state index in [4.69, 9.17) is 11.6 Å². The predicted molar refractivity (Wildman–Crippen MR) is 90.8 cm³/mol. The molecule has 0 aliphatic carbocycles. The maximum Gasteiger partial charge on any atom is 0.0934 e. The SMILES string of the molecule is Cc1sc(CNc2cc(Cl)cc3cccnc23)cc1Br. The zero-order valence-corrected chi connectivity index (χ0v) is 13.9. The molecule has 0 unspecified atom stereocenters. The smallest absolute Gasteiger partial charge is 0.0934 e. The van der Waals surface area contributed by atoms with Gasteiger partial charge in [-0.1, -0.05) is 17.7 Å². The molecular formula is C15H12BrClN2S.